The van der Waals surface area contributed by atoms with E-state index in [1.807, 2.05) is 6.92 Å². The van der Waals surface area contributed by atoms with E-state index in [0.29, 0.717) is 12.2 Å². The van der Waals surface area contributed by atoms with Gasteiger partial charge in [0.2, 0.25) is 5.91 Å². The average molecular weight is 380 g/mol. The zero-order chi connectivity index (χ0) is 19.8. The van der Waals surface area contributed by atoms with Crippen LogP contribution in [0.3, 0.4) is 0 Å². The molecule has 1 fully saturated rings. The Morgan fingerprint density at radius 2 is 1.96 bits per heavy atom. The maximum absolute atomic E-state index is 13.0. The standard InChI is InChI=1S/C20H31FN4O2/c1-4-24(5-2)12-6-7-15(3)22-20(27)23-17-13-19(26)25(14-17)18-10-8-16(21)9-11-18/h8-11,15,17H,4-7,12-14H2,1-3H3,(H2,22,23,27)/p+1/t15-,17-/m1/s1. The molecule has 1 aliphatic rings. The number of benzene rings is 1. The lowest BCUT2D eigenvalue weighted by Crippen LogP contribution is -3.11. The van der Waals surface area contributed by atoms with Crippen molar-refractivity contribution in [2.75, 3.05) is 31.1 Å². The van der Waals surface area contributed by atoms with Gasteiger partial charge in [0.15, 0.2) is 0 Å². The first-order valence-corrected chi connectivity index (χ1v) is 9.89. The number of amides is 3. The molecular formula is C20H32FN4O2+. The van der Waals surface area contributed by atoms with Gasteiger partial charge in [-0.1, -0.05) is 0 Å². The minimum atomic E-state index is -0.337. The van der Waals surface area contributed by atoms with Crippen LogP contribution in [0.15, 0.2) is 24.3 Å². The van der Waals surface area contributed by atoms with Crippen LogP contribution in [-0.4, -0.2) is 50.2 Å². The summed E-state index contributed by atoms with van der Waals surface area (Å²) < 4.78 is 13.0. The first-order chi connectivity index (χ1) is 12.9. The second-order valence-corrected chi connectivity index (χ2v) is 7.25. The highest BCUT2D eigenvalue weighted by Gasteiger charge is 2.31. The van der Waals surface area contributed by atoms with Gasteiger partial charge in [-0.2, -0.15) is 0 Å². The molecular weight excluding hydrogens is 347 g/mol. The number of carbonyl (C=O) groups is 2. The summed E-state index contributed by atoms with van der Waals surface area (Å²) in [7, 11) is 0. The second-order valence-electron chi connectivity index (χ2n) is 7.25. The Labute approximate surface area is 161 Å². The molecule has 3 amide bonds. The summed E-state index contributed by atoms with van der Waals surface area (Å²) in [5.41, 5.74) is 0.651. The van der Waals surface area contributed by atoms with Crippen molar-refractivity contribution in [3.8, 4) is 0 Å². The predicted molar refractivity (Wildman–Crippen MR) is 104 cm³/mol. The Morgan fingerprint density at radius 1 is 1.30 bits per heavy atom. The maximum Gasteiger partial charge on any atom is 0.315 e. The molecule has 0 spiro atoms. The van der Waals surface area contributed by atoms with E-state index in [-0.39, 0.29) is 36.3 Å². The monoisotopic (exact) mass is 379 g/mol. The Balaban J connectivity index is 1.74. The molecule has 150 valence electrons. The highest BCUT2D eigenvalue weighted by Crippen LogP contribution is 2.21. The molecule has 1 aromatic carbocycles. The number of hydrogen-bond acceptors (Lipinski definition) is 2. The highest BCUT2D eigenvalue weighted by atomic mass is 19.1. The van der Waals surface area contributed by atoms with Crippen molar-refractivity contribution in [1.82, 2.24) is 10.6 Å². The number of rotatable bonds is 9. The predicted octanol–water partition coefficient (Wildman–Crippen LogP) is 1.32. The molecule has 2 rings (SSSR count). The van der Waals surface area contributed by atoms with Crippen molar-refractivity contribution in [3.05, 3.63) is 30.1 Å². The van der Waals surface area contributed by atoms with Gasteiger partial charge in [-0.05, 0) is 57.9 Å². The van der Waals surface area contributed by atoms with Crippen LogP contribution in [0.4, 0.5) is 14.9 Å². The van der Waals surface area contributed by atoms with Gasteiger partial charge in [0.1, 0.15) is 5.82 Å². The fraction of sp³-hybridized carbons (Fsp3) is 0.600. The van der Waals surface area contributed by atoms with Crippen LogP contribution in [0.1, 0.15) is 40.0 Å². The molecule has 2 atom stereocenters. The molecule has 1 aromatic rings. The lowest BCUT2D eigenvalue weighted by molar-refractivity contribution is -0.896. The van der Waals surface area contributed by atoms with Gasteiger partial charge in [-0.25, -0.2) is 9.18 Å². The van der Waals surface area contributed by atoms with Crippen molar-refractivity contribution in [3.63, 3.8) is 0 Å². The Kier molecular flexibility index (Phi) is 8.03. The van der Waals surface area contributed by atoms with E-state index in [0.717, 1.165) is 32.5 Å². The number of hydrogen-bond donors (Lipinski definition) is 3. The smallest absolute Gasteiger partial charge is 0.315 e. The van der Waals surface area contributed by atoms with Crippen molar-refractivity contribution < 1.29 is 18.9 Å². The molecule has 1 heterocycles. The molecule has 1 saturated heterocycles. The summed E-state index contributed by atoms with van der Waals surface area (Å²) in [6.07, 6.45) is 2.26. The van der Waals surface area contributed by atoms with Gasteiger partial charge < -0.3 is 20.4 Å². The molecule has 7 heteroatoms. The molecule has 0 unspecified atom stereocenters. The lowest BCUT2D eigenvalue weighted by atomic mass is 10.2. The summed E-state index contributed by atoms with van der Waals surface area (Å²) in [5, 5.41) is 5.84. The van der Waals surface area contributed by atoms with Gasteiger partial charge in [0.25, 0.3) is 0 Å². The van der Waals surface area contributed by atoms with Gasteiger partial charge in [0.05, 0.1) is 25.7 Å². The van der Waals surface area contributed by atoms with E-state index in [4.69, 9.17) is 0 Å². The van der Waals surface area contributed by atoms with E-state index < -0.39 is 0 Å². The third kappa shape index (κ3) is 6.50. The fourth-order valence-corrected chi connectivity index (χ4v) is 3.46. The van der Waals surface area contributed by atoms with Crippen LogP contribution in [0, 0.1) is 5.82 Å². The number of halogens is 1. The summed E-state index contributed by atoms with van der Waals surface area (Å²) in [4.78, 5) is 27.6. The number of nitrogens with one attached hydrogen (secondary N) is 3. The van der Waals surface area contributed by atoms with Gasteiger partial charge in [0, 0.05) is 24.7 Å². The number of urea groups is 1. The van der Waals surface area contributed by atoms with E-state index in [9.17, 15) is 14.0 Å². The normalized spacial score (nSPS) is 18.0. The molecule has 0 aromatic heterocycles. The average Bonchev–Trinajstić information content (AvgIpc) is 2.99. The Bertz CT molecular complexity index is 619. The number of quaternary nitrogens is 1. The second kappa shape index (κ2) is 10.3. The minimum absolute atomic E-state index is 0.0674. The molecule has 0 aliphatic carbocycles. The third-order valence-electron chi connectivity index (χ3n) is 5.14. The molecule has 1 aliphatic heterocycles. The van der Waals surface area contributed by atoms with Crippen LogP contribution in [0.5, 0.6) is 0 Å². The third-order valence-corrected chi connectivity index (χ3v) is 5.14. The quantitative estimate of drug-likeness (QED) is 0.606. The van der Waals surface area contributed by atoms with Crippen LogP contribution >= 0.6 is 0 Å². The maximum atomic E-state index is 13.0. The topological polar surface area (TPSA) is 65.9 Å². The molecule has 3 N–H and O–H groups in total. The minimum Gasteiger partial charge on any atom is -0.336 e. The zero-order valence-corrected chi connectivity index (χ0v) is 16.6. The number of nitrogens with zero attached hydrogens (tertiary/aromatic N) is 1. The van der Waals surface area contributed by atoms with Gasteiger partial charge >= 0.3 is 6.03 Å². The van der Waals surface area contributed by atoms with E-state index in [2.05, 4.69) is 24.5 Å². The molecule has 0 radical (unpaired) electrons. The SMILES string of the molecule is CC[NH+](CC)CCC[C@@H](C)NC(=O)N[C@@H]1CC(=O)N(c2ccc(F)cc2)C1. The van der Waals surface area contributed by atoms with Gasteiger partial charge in [-0.15, -0.1) is 0 Å². The van der Waals surface area contributed by atoms with Crippen LogP contribution < -0.4 is 20.4 Å². The van der Waals surface area contributed by atoms with Crippen molar-refractivity contribution >= 4 is 17.6 Å². The van der Waals surface area contributed by atoms with E-state index in [1.54, 1.807) is 21.9 Å². The van der Waals surface area contributed by atoms with E-state index in [1.165, 1.54) is 12.1 Å². The van der Waals surface area contributed by atoms with Gasteiger partial charge in [-0.3, -0.25) is 4.79 Å². The first-order valence-electron chi connectivity index (χ1n) is 9.89. The largest absolute Gasteiger partial charge is 0.336 e. The first kappa shape index (κ1) is 21.2. The molecule has 27 heavy (non-hydrogen) atoms. The molecule has 0 bridgehead atoms. The van der Waals surface area contributed by atoms with Crippen molar-refractivity contribution in [1.29, 1.82) is 0 Å². The summed E-state index contributed by atoms with van der Waals surface area (Å²) in [6, 6.07) is 5.43. The fourth-order valence-electron chi connectivity index (χ4n) is 3.46. The number of carbonyl (C=O) groups excluding carboxylic acids is 2. The van der Waals surface area contributed by atoms with E-state index >= 15 is 0 Å². The molecule has 6 nitrogen and oxygen atoms in total. The van der Waals surface area contributed by atoms with Crippen molar-refractivity contribution in [2.45, 2.75) is 52.1 Å². The zero-order valence-electron chi connectivity index (χ0n) is 16.6. The van der Waals surface area contributed by atoms with Crippen LogP contribution in [0.25, 0.3) is 0 Å². The summed E-state index contributed by atoms with van der Waals surface area (Å²) >= 11 is 0. The van der Waals surface area contributed by atoms with Crippen LogP contribution in [0.2, 0.25) is 0 Å². The van der Waals surface area contributed by atoms with Crippen molar-refractivity contribution in [2.24, 2.45) is 0 Å². The summed E-state index contributed by atoms with van der Waals surface area (Å²) in [5.74, 6) is -0.404. The molecule has 0 saturated carbocycles. The van der Waals surface area contributed by atoms with Crippen LogP contribution in [-0.2, 0) is 4.79 Å². The Morgan fingerprint density at radius 3 is 2.59 bits per heavy atom. The summed E-state index contributed by atoms with van der Waals surface area (Å²) in [6.45, 7) is 10.1. The Hall–Kier alpha value is -2.15. The lowest BCUT2D eigenvalue weighted by Gasteiger charge is -2.20. The highest BCUT2D eigenvalue weighted by molar-refractivity contribution is 5.96. The number of anilines is 1.